The maximum Gasteiger partial charge on any atom is 0.251 e. The number of sulfonamides is 1. The van der Waals surface area contributed by atoms with Gasteiger partial charge in [-0.25, -0.2) is 8.42 Å². The van der Waals surface area contributed by atoms with Crippen molar-refractivity contribution in [3.8, 4) is 0 Å². The van der Waals surface area contributed by atoms with Crippen LogP contribution in [0.15, 0.2) is 29.2 Å². The molecule has 2 aliphatic rings. The van der Waals surface area contributed by atoms with Crippen LogP contribution < -0.4 is 10.6 Å². The van der Waals surface area contributed by atoms with Gasteiger partial charge in [-0.2, -0.15) is 4.31 Å². The van der Waals surface area contributed by atoms with Crippen LogP contribution in [0.4, 0.5) is 0 Å². The third-order valence-corrected chi connectivity index (χ3v) is 6.66. The molecule has 0 bridgehead atoms. The van der Waals surface area contributed by atoms with Crippen LogP contribution in [-0.4, -0.2) is 63.1 Å². The van der Waals surface area contributed by atoms with Gasteiger partial charge in [0.15, 0.2) is 0 Å². The molecule has 3 rings (SSSR count). The van der Waals surface area contributed by atoms with Gasteiger partial charge in [0.1, 0.15) is 0 Å². The Balaban J connectivity index is 1.69. The number of benzene rings is 1. The highest BCUT2D eigenvalue weighted by molar-refractivity contribution is 7.89. The number of morpholine rings is 1. The zero-order valence-electron chi connectivity index (χ0n) is 15.3. The number of piperidine rings is 1. The zero-order valence-corrected chi connectivity index (χ0v) is 16.1. The molecule has 2 heterocycles. The second kappa shape index (κ2) is 8.04. The molecule has 1 amide bonds. The predicted octanol–water partition coefficient (Wildman–Crippen LogP) is 0.966. The van der Waals surface area contributed by atoms with Crippen molar-refractivity contribution in [1.29, 1.82) is 0 Å². The standard InChI is InChI=1S/C18H27N3O4S/c1-13-11-21(12-14(2)25-13)26(23,24)17-5-3-15(4-6-17)18(22)20-16-7-9-19-10-8-16/h3-6,13-14,16,19H,7-12H2,1-2H3,(H,20,22). The lowest BCUT2D eigenvalue weighted by atomic mass is 10.1. The first kappa shape index (κ1) is 19.3. The van der Waals surface area contributed by atoms with Crippen molar-refractivity contribution in [2.45, 2.75) is 49.8 Å². The summed E-state index contributed by atoms with van der Waals surface area (Å²) >= 11 is 0. The molecule has 26 heavy (non-hydrogen) atoms. The van der Waals surface area contributed by atoms with Crippen molar-refractivity contribution >= 4 is 15.9 Å². The third kappa shape index (κ3) is 4.43. The second-order valence-electron chi connectivity index (χ2n) is 7.10. The molecule has 0 aliphatic carbocycles. The Morgan fingerprint density at radius 1 is 1.12 bits per heavy atom. The fourth-order valence-electron chi connectivity index (χ4n) is 3.49. The molecule has 1 aromatic rings. The van der Waals surface area contributed by atoms with Crippen molar-refractivity contribution in [3.63, 3.8) is 0 Å². The first-order valence-corrected chi connectivity index (χ1v) is 10.6. The van der Waals surface area contributed by atoms with Crippen molar-refractivity contribution < 1.29 is 17.9 Å². The first-order chi connectivity index (χ1) is 12.4. The molecule has 2 atom stereocenters. The summed E-state index contributed by atoms with van der Waals surface area (Å²) in [6.07, 6.45) is 1.55. The normalized spacial score (nSPS) is 25.8. The van der Waals surface area contributed by atoms with E-state index in [2.05, 4.69) is 10.6 Å². The Hall–Kier alpha value is -1.48. The topological polar surface area (TPSA) is 87.7 Å². The molecule has 8 heteroatoms. The zero-order chi connectivity index (χ0) is 18.7. The maximum absolute atomic E-state index is 12.8. The van der Waals surface area contributed by atoms with Crippen LogP contribution in [0.3, 0.4) is 0 Å². The summed E-state index contributed by atoms with van der Waals surface area (Å²) in [5, 5.41) is 6.27. The van der Waals surface area contributed by atoms with E-state index in [9.17, 15) is 13.2 Å². The summed E-state index contributed by atoms with van der Waals surface area (Å²) in [6, 6.07) is 6.35. The monoisotopic (exact) mass is 381 g/mol. The molecular weight excluding hydrogens is 354 g/mol. The summed E-state index contributed by atoms with van der Waals surface area (Å²) in [5.74, 6) is -0.158. The molecule has 2 saturated heterocycles. The highest BCUT2D eigenvalue weighted by atomic mass is 32.2. The van der Waals surface area contributed by atoms with E-state index in [1.807, 2.05) is 13.8 Å². The Morgan fingerprint density at radius 2 is 1.69 bits per heavy atom. The Morgan fingerprint density at radius 3 is 2.27 bits per heavy atom. The maximum atomic E-state index is 12.8. The van der Waals surface area contributed by atoms with Crippen molar-refractivity contribution in [2.24, 2.45) is 0 Å². The quantitative estimate of drug-likeness (QED) is 0.811. The van der Waals surface area contributed by atoms with Gasteiger partial charge in [-0.05, 0) is 64.0 Å². The number of hydrogen-bond donors (Lipinski definition) is 2. The molecule has 0 aromatic heterocycles. The van der Waals surface area contributed by atoms with Crippen LogP contribution in [-0.2, 0) is 14.8 Å². The SMILES string of the molecule is CC1CN(S(=O)(=O)c2ccc(C(=O)NC3CCNCC3)cc2)CC(C)O1. The van der Waals surface area contributed by atoms with Crippen LogP contribution in [0.1, 0.15) is 37.0 Å². The number of hydrogen-bond acceptors (Lipinski definition) is 5. The van der Waals surface area contributed by atoms with E-state index < -0.39 is 10.0 Å². The molecule has 0 radical (unpaired) electrons. The highest BCUT2D eigenvalue weighted by Crippen LogP contribution is 2.21. The lowest BCUT2D eigenvalue weighted by Gasteiger charge is -2.34. The third-order valence-electron chi connectivity index (χ3n) is 4.81. The lowest BCUT2D eigenvalue weighted by molar-refractivity contribution is -0.0440. The average molecular weight is 381 g/mol. The smallest absolute Gasteiger partial charge is 0.251 e. The van der Waals surface area contributed by atoms with E-state index in [1.165, 1.54) is 16.4 Å². The van der Waals surface area contributed by atoms with Crippen LogP contribution >= 0.6 is 0 Å². The number of ether oxygens (including phenoxy) is 1. The highest BCUT2D eigenvalue weighted by Gasteiger charge is 2.32. The molecule has 0 spiro atoms. The van der Waals surface area contributed by atoms with Crippen molar-refractivity contribution in [2.75, 3.05) is 26.2 Å². The molecule has 2 unspecified atom stereocenters. The minimum Gasteiger partial charge on any atom is -0.373 e. The largest absolute Gasteiger partial charge is 0.373 e. The number of carbonyl (C=O) groups excluding carboxylic acids is 1. The lowest BCUT2D eigenvalue weighted by Crippen LogP contribution is -2.48. The molecule has 0 saturated carbocycles. The minimum atomic E-state index is -3.58. The Kier molecular flexibility index (Phi) is 5.96. The fraction of sp³-hybridized carbons (Fsp3) is 0.611. The number of rotatable bonds is 4. The minimum absolute atomic E-state index is 0.136. The molecule has 2 N–H and O–H groups in total. The summed E-state index contributed by atoms with van der Waals surface area (Å²) < 4.78 is 32.7. The number of nitrogens with one attached hydrogen (secondary N) is 2. The van der Waals surface area contributed by atoms with Gasteiger partial charge < -0.3 is 15.4 Å². The van der Waals surface area contributed by atoms with Crippen LogP contribution in [0.5, 0.6) is 0 Å². The van der Waals surface area contributed by atoms with E-state index >= 15 is 0 Å². The molecule has 2 fully saturated rings. The molecule has 2 aliphatic heterocycles. The molecule has 7 nitrogen and oxygen atoms in total. The Bertz CT molecular complexity index is 719. The van der Waals surface area contributed by atoms with Gasteiger partial charge in [0, 0.05) is 24.7 Å². The summed E-state index contributed by atoms with van der Waals surface area (Å²) in [4.78, 5) is 12.6. The number of amides is 1. The second-order valence-corrected chi connectivity index (χ2v) is 9.04. The van der Waals surface area contributed by atoms with Crippen molar-refractivity contribution in [1.82, 2.24) is 14.9 Å². The van der Waals surface area contributed by atoms with Gasteiger partial charge >= 0.3 is 0 Å². The van der Waals surface area contributed by atoms with Crippen molar-refractivity contribution in [3.05, 3.63) is 29.8 Å². The van der Waals surface area contributed by atoms with E-state index in [-0.39, 0.29) is 29.1 Å². The first-order valence-electron chi connectivity index (χ1n) is 9.13. The van der Waals surface area contributed by atoms with Crippen LogP contribution in [0, 0.1) is 0 Å². The number of carbonyl (C=O) groups is 1. The summed E-state index contributed by atoms with van der Waals surface area (Å²) in [5.41, 5.74) is 0.478. The summed E-state index contributed by atoms with van der Waals surface area (Å²) in [6.45, 7) is 6.21. The average Bonchev–Trinajstić information content (AvgIpc) is 2.62. The van der Waals surface area contributed by atoms with Gasteiger partial charge in [-0.1, -0.05) is 0 Å². The Labute approximate surface area is 155 Å². The predicted molar refractivity (Wildman–Crippen MR) is 98.6 cm³/mol. The van der Waals surface area contributed by atoms with E-state index in [1.54, 1.807) is 12.1 Å². The number of nitrogens with zero attached hydrogens (tertiary/aromatic N) is 1. The van der Waals surface area contributed by atoms with Crippen LogP contribution in [0.2, 0.25) is 0 Å². The van der Waals surface area contributed by atoms with Gasteiger partial charge in [-0.3, -0.25) is 4.79 Å². The fourth-order valence-corrected chi connectivity index (χ4v) is 5.08. The van der Waals surface area contributed by atoms with Gasteiger partial charge in [0.05, 0.1) is 17.1 Å². The van der Waals surface area contributed by atoms with Crippen LogP contribution in [0.25, 0.3) is 0 Å². The van der Waals surface area contributed by atoms with E-state index in [4.69, 9.17) is 4.74 Å². The van der Waals surface area contributed by atoms with E-state index in [0.717, 1.165) is 25.9 Å². The molecule has 1 aromatic carbocycles. The van der Waals surface area contributed by atoms with Gasteiger partial charge in [0.2, 0.25) is 10.0 Å². The van der Waals surface area contributed by atoms with E-state index in [0.29, 0.717) is 18.7 Å². The van der Waals surface area contributed by atoms with Gasteiger partial charge in [-0.15, -0.1) is 0 Å². The van der Waals surface area contributed by atoms with Gasteiger partial charge in [0.25, 0.3) is 5.91 Å². The summed E-state index contributed by atoms with van der Waals surface area (Å²) in [7, 11) is -3.58. The molecular formula is C18H27N3O4S. The molecule has 144 valence electrons.